The van der Waals surface area contributed by atoms with Crippen LogP contribution in [0.15, 0.2) is 59.4 Å². The highest BCUT2D eigenvalue weighted by Gasteiger charge is 2.31. The molecule has 0 radical (unpaired) electrons. The van der Waals surface area contributed by atoms with Crippen LogP contribution in [0.2, 0.25) is 0 Å². The van der Waals surface area contributed by atoms with Gasteiger partial charge in [-0.15, -0.1) is 0 Å². The Hall–Kier alpha value is -5.06. The van der Waals surface area contributed by atoms with Crippen LogP contribution in [0.25, 0.3) is 11.1 Å². The second kappa shape index (κ2) is 14.8. The Labute approximate surface area is 268 Å². The first-order valence-electron chi connectivity index (χ1n) is 15.1. The number of aryl methyl sites for hydroxylation is 1. The van der Waals surface area contributed by atoms with Gasteiger partial charge in [-0.3, -0.25) is 14.4 Å². The molecule has 46 heavy (non-hydrogen) atoms. The molecule has 3 atom stereocenters. The van der Waals surface area contributed by atoms with Crippen LogP contribution in [0.4, 0.5) is 5.69 Å². The van der Waals surface area contributed by atoms with E-state index in [0.717, 1.165) is 11.1 Å². The summed E-state index contributed by atoms with van der Waals surface area (Å²) in [5.74, 6) is -0.969. The predicted molar refractivity (Wildman–Crippen MR) is 175 cm³/mol. The molecule has 11 nitrogen and oxygen atoms in total. The maximum absolute atomic E-state index is 13.8. The Morgan fingerprint density at radius 1 is 0.957 bits per heavy atom. The maximum Gasteiger partial charge on any atom is 0.326 e. The first kappa shape index (κ1) is 33.8. The molecule has 4 rings (SSSR count). The Balaban J connectivity index is 1.78. The summed E-state index contributed by atoms with van der Waals surface area (Å²) in [6.45, 7) is 5.03. The summed E-state index contributed by atoms with van der Waals surface area (Å²) in [5, 5.41) is 18.6. The molecule has 3 aromatic rings. The van der Waals surface area contributed by atoms with Gasteiger partial charge in [0.2, 0.25) is 23.0 Å². The number of nitrogens with one attached hydrogen (secondary N) is 3. The molecule has 2 amide bonds. The number of methoxy groups -OCH3 is 3. The molecule has 3 aromatic carbocycles. The van der Waals surface area contributed by atoms with Crippen LogP contribution >= 0.6 is 0 Å². The van der Waals surface area contributed by atoms with Gasteiger partial charge in [-0.1, -0.05) is 50.2 Å². The highest BCUT2D eigenvalue weighted by atomic mass is 16.5. The summed E-state index contributed by atoms with van der Waals surface area (Å²) in [5.41, 5.74) is 3.31. The smallest absolute Gasteiger partial charge is 0.326 e. The van der Waals surface area contributed by atoms with E-state index in [1.54, 1.807) is 50.2 Å². The van der Waals surface area contributed by atoms with Gasteiger partial charge < -0.3 is 35.3 Å². The number of carboxylic acids is 1. The molecule has 244 valence electrons. The summed E-state index contributed by atoms with van der Waals surface area (Å²) >= 11 is 0. The molecule has 0 saturated carbocycles. The summed E-state index contributed by atoms with van der Waals surface area (Å²) in [6.07, 6.45) is 1.16. The monoisotopic (exact) mass is 631 g/mol. The molecule has 1 aliphatic carbocycles. The van der Waals surface area contributed by atoms with Gasteiger partial charge in [0, 0.05) is 18.9 Å². The van der Waals surface area contributed by atoms with Gasteiger partial charge in [0.05, 0.1) is 33.1 Å². The van der Waals surface area contributed by atoms with Crippen LogP contribution in [0, 0.1) is 5.92 Å². The molecule has 0 aromatic heterocycles. The fourth-order valence-corrected chi connectivity index (χ4v) is 5.84. The number of anilines is 1. The van der Waals surface area contributed by atoms with Crippen molar-refractivity contribution in [1.82, 2.24) is 10.6 Å². The minimum atomic E-state index is -1.16. The van der Waals surface area contributed by atoms with Crippen molar-refractivity contribution in [1.29, 1.82) is 0 Å². The second-order valence-electron chi connectivity index (χ2n) is 11.6. The van der Waals surface area contributed by atoms with Crippen LogP contribution in [-0.4, -0.2) is 56.3 Å². The fourth-order valence-electron chi connectivity index (χ4n) is 5.84. The zero-order chi connectivity index (χ0) is 33.5. The van der Waals surface area contributed by atoms with E-state index >= 15 is 0 Å². The fraction of sp³-hybridized carbons (Fsp3) is 0.371. The normalized spacial score (nSPS) is 14.9. The quantitative estimate of drug-likeness (QED) is 0.231. The minimum Gasteiger partial charge on any atom is -0.493 e. The number of fused-ring (bicyclic) bond motifs is 3. The number of carbonyl (C=O) groups is 3. The highest BCUT2D eigenvalue weighted by Crippen LogP contribution is 2.50. The van der Waals surface area contributed by atoms with Crippen LogP contribution in [0.5, 0.6) is 17.2 Å². The third kappa shape index (κ3) is 7.42. The number of benzene rings is 2. The molecule has 0 bridgehead atoms. The van der Waals surface area contributed by atoms with Gasteiger partial charge in [-0.05, 0) is 59.2 Å². The van der Waals surface area contributed by atoms with Crippen LogP contribution < -0.4 is 35.6 Å². The van der Waals surface area contributed by atoms with Crippen LogP contribution in [-0.2, 0) is 27.2 Å². The standard InChI is InChI=1S/C35H41N3O8/c1-19(2)31(34(41)38-27(35(42)43)16-21-10-8-7-9-11-21)37-26-15-13-23-24(18-28(26)40)25(36-20(3)39)14-12-22-17-29(44-4)32(45-5)33(46-6)30(22)23/h7-11,13,15,17-19,25,27,31H,12,14,16H2,1-6H3,(H,36,39)(H,37,40)(H,38,41)(H,42,43)/t25-,27-,31-/m1/s1. The molecule has 11 heteroatoms. The van der Waals surface area contributed by atoms with Crippen molar-refractivity contribution in [3.63, 3.8) is 0 Å². The van der Waals surface area contributed by atoms with Crippen molar-refractivity contribution in [3.05, 3.63) is 81.5 Å². The molecule has 0 spiro atoms. The number of carboxylic acid groups (broad SMARTS) is 1. The molecule has 0 aliphatic heterocycles. The van der Waals surface area contributed by atoms with Gasteiger partial charge >= 0.3 is 5.97 Å². The second-order valence-corrected chi connectivity index (χ2v) is 11.6. The van der Waals surface area contributed by atoms with Crippen molar-refractivity contribution in [3.8, 4) is 28.4 Å². The lowest BCUT2D eigenvalue weighted by molar-refractivity contribution is -0.142. The zero-order valence-electron chi connectivity index (χ0n) is 26.9. The van der Waals surface area contributed by atoms with Crippen LogP contribution in [0.1, 0.15) is 49.9 Å². The Morgan fingerprint density at radius 2 is 1.65 bits per heavy atom. The lowest BCUT2D eigenvalue weighted by atomic mass is 9.95. The third-order valence-corrected chi connectivity index (χ3v) is 8.07. The molecule has 0 unspecified atom stereocenters. The lowest BCUT2D eigenvalue weighted by Gasteiger charge is -2.24. The van der Waals surface area contributed by atoms with Crippen molar-refractivity contribution < 1.29 is 33.7 Å². The van der Waals surface area contributed by atoms with Crippen molar-refractivity contribution >= 4 is 23.5 Å². The number of carbonyl (C=O) groups excluding carboxylic acids is 2. The number of hydrogen-bond acceptors (Lipinski definition) is 8. The first-order valence-corrected chi connectivity index (χ1v) is 15.1. The molecule has 0 heterocycles. The number of aliphatic carboxylic acids is 1. The summed E-state index contributed by atoms with van der Waals surface area (Å²) < 4.78 is 17.1. The summed E-state index contributed by atoms with van der Waals surface area (Å²) in [6, 6.07) is 13.1. The lowest BCUT2D eigenvalue weighted by Crippen LogP contribution is -2.50. The number of ether oxygens (including phenoxy) is 3. The number of amides is 2. The largest absolute Gasteiger partial charge is 0.493 e. The van der Waals surface area contributed by atoms with E-state index in [4.69, 9.17) is 14.2 Å². The average molecular weight is 632 g/mol. The van der Waals surface area contributed by atoms with Gasteiger partial charge in [0.15, 0.2) is 11.5 Å². The Kier molecular flexibility index (Phi) is 10.9. The summed E-state index contributed by atoms with van der Waals surface area (Å²) in [4.78, 5) is 51.6. The molecule has 1 aliphatic rings. The van der Waals surface area contributed by atoms with Crippen LogP contribution in [0.3, 0.4) is 0 Å². The Bertz CT molecular complexity index is 1660. The average Bonchev–Trinajstić information content (AvgIpc) is 3.26. The van der Waals surface area contributed by atoms with Crippen molar-refractivity contribution in [2.45, 2.75) is 58.2 Å². The van der Waals surface area contributed by atoms with E-state index in [1.807, 2.05) is 12.1 Å². The van der Waals surface area contributed by atoms with E-state index in [0.29, 0.717) is 46.8 Å². The van der Waals surface area contributed by atoms with E-state index in [1.165, 1.54) is 34.3 Å². The molecular weight excluding hydrogens is 590 g/mol. The van der Waals surface area contributed by atoms with E-state index in [9.17, 15) is 24.3 Å². The zero-order valence-corrected chi connectivity index (χ0v) is 26.9. The van der Waals surface area contributed by atoms with Gasteiger partial charge in [0.1, 0.15) is 12.1 Å². The topological polar surface area (TPSA) is 152 Å². The van der Waals surface area contributed by atoms with Crippen molar-refractivity contribution in [2.24, 2.45) is 5.92 Å². The number of rotatable bonds is 12. The van der Waals surface area contributed by atoms with Crippen molar-refractivity contribution in [2.75, 3.05) is 26.6 Å². The maximum atomic E-state index is 13.8. The summed E-state index contributed by atoms with van der Waals surface area (Å²) in [7, 11) is 4.58. The van der Waals surface area contributed by atoms with Gasteiger partial charge in [-0.2, -0.15) is 0 Å². The SMILES string of the molecule is COc1cc2c(c(OC)c1OC)-c1ccc(N[C@@H](C(=O)N[C@H](Cc3ccccc3)C(=O)O)C(C)C)c(=O)cc1[C@H](NC(C)=O)CC2. The third-order valence-electron chi connectivity index (χ3n) is 8.07. The van der Waals surface area contributed by atoms with Gasteiger partial charge in [-0.25, -0.2) is 4.79 Å². The molecule has 0 fully saturated rings. The minimum absolute atomic E-state index is 0.104. The molecular formula is C35H41N3O8. The van der Waals surface area contributed by atoms with Gasteiger partial charge in [0.25, 0.3) is 0 Å². The predicted octanol–water partition coefficient (Wildman–Crippen LogP) is 4.11. The number of hydrogen-bond donors (Lipinski definition) is 4. The highest BCUT2D eigenvalue weighted by molar-refractivity contribution is 5.89. The van der Waals surface area contributed by atoms with E-state index < -0.39 is 35.4 Å². The molecule has 4 N–H and O–H groups in total. The van der Waals surface area contributed by atoms with E-state index in [2.05, 4.69) is 16.0 Å². The Morgan fingerprint density at radius 3 is 2.24 bits per heavy atom. The first-order chi connectivity index (χ1) is 22.0. The van der Waals surface area contributed by atoms with E-state index in [-0.39, 0.29) is 23.9 Å². The molecule has 0 saturated heterocycles.